The van der Waals surface area contributed by atoms with E-state index in [1.807, 2.05) is 30.3 Å². The van der Waals surface area contributed by atoms with E-state index in [4.69, 9.17) is 4.65 Å². The number of benzene rings is 1. The monoisotopic (exact) mass is 264 g/mol. The Labute approximate surface area is 116 Å². The summed E-state index contributed by atoms with van der Waals surface area (Å²) in [4.78, 5) is 0. The predicted octanol–water partition coefficient (Wildman–Crippen LogP) is 2.84. The highest BCUT2D eigenvalue weighted by Crippen LogP contribution is 2.28. The molecule has 1 aromatic rings. The Morgan fingerprint density at radius 3 is 2.16 bits per heavy atom. The second-order valence-electron chi connectivity index (χ2n) is 6.19. The van der Waals surface area contributed by atoms with Crippen molar-refractivity contribution in [2.75, 3.05) is 0 Å². The van der Waals surface area contributed by atoms with Crippen LogP contribution in [0.5, 0.6) is 0 Å². The molecule has 1 atom stereocenters. The molecule has 0 aromatic heterocycles. The van der Waals surface area contributed by atoms with Gasteiger partial charge in [-0.25, -0.2) is 0 Å². The summed E-state index contributed by atoms with van der Waals surface area (Å²) in [7, 11) is -0.892. The van der Waals surface area contributed by atoms with Gasteiger partial charge in [0.05, 0.1) is 11.2 Å². The average Bonchev–Trinajstić information content (AvgIpc) is 2.27. The zero-order valence-electron chi connectivity index (χ0n) is 12.6. The number of rotatable bonds is 6. The van der Waals surface area contributed by atoms with Crippen LogP contribution in [-0.2, 0) is 4.65 Å². The summed E-state index contributed by atoms with van der Waals surface area (Å²) >= 11 is 0. The lowest BCUT2D eigenvalue weighted by atomic mass is 9.74. The third-order valence-corrected chi connectivity index (χ3v) is 3.83. The molecule has 2 N–H and O–H groups in total. The molecule has 0 unspecified atom stereocenters. The molecule has 0 fully saturated rings. The maximum absolute atomic E-state index is 10.0. The molecular formula is C15H25BO3. The lowest BCUT2D eigenvalue weighted by molar-refractivity contribution is -0.100. The van der Waals surface area contributed by atoms with Gasteiger partial charge in [0.15, 0.2) is 0 Å². The number of hydrogen-bond donors (Lipinski definition) is 2. The van der Waals surface area contributed by atoms with E-state index in [-0.39, 0.29) is 5.92 Å². The smallest absolute Gasteiger partial charge is 0.427 e. The van der Waals surface area contributed by atoms with Gasteiger partial charge in [0.1, 0.15) is 0 Å². The molecule has 0 aliphatic heterocycles. The van der Waals surface area contributed by atoms with Crippen LogP contribution in [0, 0.1) is 0 Å². The van der Waals surface area contributed by atoms with Crippen LogP contribution in [0.2, 0.25) is 6.32 Å². The summed E-state index contributed by atoms with van der Waals surface area (Å²) in [6, 6.07) is 10.0. The van der Waals surface area contributed by atoms with Crippen LogP contribution in [0.3, 0.4) is 0 Å². The maximum Gasteiger partial charge on any atom is 0.455 e. The summed E-state index contributed by atoms with van der Waals surface area (Å²) in [5, 5.41) is 20.1. The third kappa shape index (κ3) is 4.64. The quantitative estimate of drug-likeness (QED) is 0.777. The minimum Gasteiger partial charge on any atom is -0.427 e. The van der Waals surface area contributed by atoms with Crippen molar-refractivity contribution in [3.63, 3.8) is 0 Å². The van der Waals surface area contributed by atoms with Crippen LogP contribution >= 0.6 is 0 Å². The first kappa shape index (κ1) is 16.2. The van der Waals surface area contributed by atoms with E-state index in [0.29, 0.717) is 6.32 Å². The van der Waals surface area contributed by atoms with Gasteiger partial charge in [0.25, 0.3) is 0 Å². The van der Waals surface area contributed by atoms with Crippen molar-refractivity contribution in [3.8, 4) is 0 Å². The fourth-order valence-electron chi connectivity index (χ4n) is 1.75. The molecule has 0 amide bonds. The van der Waals surface area contributed by atoms with Gasteiger partial charge in [-0.3, -0.25) is 0 Å². The van der Waals surface area contributed by atoms with E-state index in [2.05, 4.69) is 6.92 Å². The Hall–Kier alpha value is -0.835. The number of aliphatic hydroxyl groups is 1. The average molecular weight is 264 g/mol. The lowest BCUT2D eigenvalue weighted by Gasteiger charge is -2.38. The number of hydrogen-bond acceptors (Lipinski definition) is 3. The summed E-state index contributed by atoms with van der Waals surface area (Å²) < 4.78 is 5.60. The molecule has 0 radical (unpaired) electrons. The van der Waals surface area contributed by atoms with Crippen LogP contribution in [0.15, 0.2) is 30.3 Å². The van der Waals surface area contributed by atoms with Crippen molar-refractivity contribution < 1.29 is 14.8 Å². The molecule has 0 saturated heterocycles. The van der Waals surface area contributed by atoms with E-state index < -0.39 is 18.3 Å². The zero-order valence-corrected chi connectivity index (χ0v) is 12.6. The molecule has 0 aliphatic rings. The second kappa shape index (κ2) is 6.08. The summed E-state index contributed by atoms with van der Waals surface area (Å²) in [6.07, 6.45) is 0.503. The summed E-state index contributed by atoms with van der Waals surface area (Å²) in [5.41, 5.74) is -0.640. The van der Waals surface area contributed by atoms with Gasteiger partial charge in [0.2, 0.25) is 0 Å². The largest absolute Gasteiger partial charge is 0.455 e. The van der Waals surface area contributed by atoms with Crippen molar-refractivity contribution in [3.05, 3.63) is 35.9 Å². The van der Waals surface area contributed by atoms with Gasteiger partial charge >= 0.3 is 7.12 Å². The standard InChI is InChI=1S/C15H25BO3/c1-12(13-9-7-6-8-10-13)11-16(18)19-15(4,5)14(2,3)17/h6-10,12,17-18H,11H2,1-5H3/t12-/m1/s1. The fourth-order valence-corrected chi connectivity index (χ4v) is 1.75. The molecule has 1 rings (SSSR count). The van der Waals surface area contributed by atoms with Crippen molar-refractivity contribution in [2.45, 2.75) is 58.1 Å². The first-order valence-electron chi connectivity index (χ1n) is 6.76. The van der Waals surface area contributed by atoms with Gasteiger partial charge in [-0.15, -0.1) is 0 Å². The molecule has 3 nitrogen and oxygen atoms in total. The van der Waals surface area contributed by atoms with Gasteiger partial charge in [-0.1, -0.05) is 37.3 Å². The Kier molecular flexibility index (Phi) is 5.19. The van der Waals surface area contributed by atoms with Crippen molar-refractivity contribution >= 4 is 7.12 Å². The topological polar surface area (TPSA) is 49.7 Å². The summed E-state index contributed by atoms with van der Waals surface area (Å²) in [5.74, 6) is 0.203. The molecule has 19 heavy (non-hydrogen) atoms. The first-order valence-corrected chi connectivity index (χ1v) is 6.76. The van der Waals surface area contributed by atoms with Crippen molar-refractivity contribution in [1.82, 2.24) is 0 Å². The predicted molar refractivity (Wildman–Crippen MR) is 79.1 cm³/mol. The second-order valence-corrected chi connectivity index (χ2v) is 6.19. The highest BCUT2D eigenvalue weighted by atomic mass is 16.5. The van der Waals surface area contributed by atoms with E-state index in [9.17, 15) is 10.1 Å². The molecule has 0 aliphatic carbocycles. The van der Waals surface area contributed by atoms with E-state index in [1.165, 1.54) is 5.56 Å². The molecule has 0 heterocycles. The normalized spacial score (nSPS) is 14.3. The van der Waals surface area contributed by atoms with Crippen LogP contribution in [0.1, 0.15) is 46.1 Å². The molecule has 0 saturated carbocycles. The van der Waals surface area contributed by atoms with Crippen molar-refractivity contribution in [1.29, 1.82) is 0 Å². The summed E-state index contributed by atoms with van der Waals surface area (Å²) in [6.45, 7) is 8.98. The zero-order chi connectivity index (χ0) is 14.7. The molecule has 0 bridgehead atoms. The minimum atomic E-state index is -1.01. The molecule has 106 valence electrons. The van der Waals surface area contributed by atoms with E-state index in [0.717, 1.165) is 0 Å². The van der Waals surface area contributed by atoms with Crippen LogP contribution in [0.4, 0.5) is 0 Å². The third-order valence-electron chi connectivity index (χ3n) is 3.83. The van der Waals surface area contributed by atoms with Crippen LogP contribution in [-0.4, -0.2) is 28.5 Å². The van der Waals surface area contributed by atoms with Crippen LogP contribution < -0.4 is 0 Å². The van der Waals surface area contributed by atoms with Gasteiger partial charge in [-0.05, 0) is 45.5 Å². The SMILES string of the molecule is C[C@H](CB(O)OC(C)(C)C(C)(C)O)c1ccccc1. The molecule has 1 aromatic carbocycles. The molecule has 4 heteroatoms. The van der Waals surface area contributed by atoms with Crippen molar-refractivity contribution in [2.24, 2.45) is 0 Å². The Morgan fingerprint density at radius 1 is 1.16 bits per heavy atom. The fraction of sp³-hybridized carbons (Fsp3) is 0.600. The Morgan fingerprint density at radius 2 is 1.68 bits per heavy atom. The highest BCUT2D eigenvalue weighted by molar-refractivity contribution is 6.43. The maximum atomic E-state index is 10.0. The lowest BCUT2D eigenvalue weighted by Crippen LogP contribution is -2.50. The highest BCUT2D eigenvalue weighted by Gasteiger charge is 2.39. The van der Waals surface area contributed by atoms with Crippen LogP contribution in [0.25, 0.3) is 0 Å². The Bertz CT molecular complexity index is 384. The van der Waals surface area contributed by atoms with Gasteiger partial charge in [0, 0.05) is 0 Å². The van der Waals surface area contributed by atoms with Gasteiger partial charge < -0.3 is 14.8 Å². The first-order chi connectivity index (χ1) is 8.63. The minimum absolute atomic E-state index is 0.203. The van der Waals surface area contributed by atoms with E-state index >= 15 is 0 Å². The van der Waals surface area contributed by atoms with Gasteiger partial charge in [-0.2, -0.15) is 0 Å². The Balaban J connectivity index is 2.59. The van der Waals surface area contributed by atoms with E-state index in [1.54, 1.807) is 27.7 Å². The molecular weight excluding hydrogens is 239 g/mol. The molecule has 0 spiro atoms.